The fraction of sp³-hybridized carbons (Fsp3) is 0.884. The molecule has 0 radical (unpaired) electrons. The number of carbonyl (C=O) groups excluding carboxylic acids is 5. The summed E-state index contributed by atoms with van der Waals surface area (Å²) in [5.74, 6) is -2.49. The van der Waals surface area contributed by atoms with E-state index in [9.17, 15) is 24.0 Å². The molecule has 0 saturated heterocycles. The highest BCUT2D eigenvalue weighted by molar-refractivity contribution is 5.94. The van der Waals surface area contributed by atoms with Crippen LogP contribution in [-0.2, 0) is 33.4 Å². The number of hydrogen-bond acceptors (Lipinski definition) is 9. The van der Waals surface area contributed by atoms with Gasteiger partial charge in [0.05, 0.1) is 37.3 Å². The highest BCUT2D eigenvalue weighted by Crippen LogP contribution is 2.56. The van der Waals surface area contributed by atoms with Gasteiger partial charge in [-0.25, -0.2) is 0 Å². The molecule has 0 heterocycles. The summed E-state index contributed by atoms with van der Waals surface area (Å²) in [5.41, 5.74) is 17.6. The molecule has 9 N–H and O–H groups in total. The molecule has 57 heavy (non-hydrogen) atoms. The zero-order valence-electron chi connectivity index (χ0n) is 35.7. The summed E-state index contributed by atoms with van der Waals surface area (Å²) in [6.07, 6.45) is 17.0. The molecule has 14 heteroatoms. The highest BCUT2D eigenvalue weighted by Gasteiger charge is 2.52. The van der Waals surface area contributed by atoms with Gasteiger partial charge in [0.2, 0.25) is 29.5 Å². The first-order valence-corrected chi connectivity index (χ1v) is 22.3. The Kier molecular flexibility index (Phi) is 18.5. The number of rotatable bonds is 22. The summed E-state index contributed by atoms with van der Waals surface area (Å²) in [7, 11) is 1.66. The topological polar surface area (TPSA) is 221 Å². The van der Waals surface area contributed by atoms with Crippen LogP contribution in [-0.4, -0.2) is 104 Å². The lowest BCUT2D eigenvalue weighted by molar-refractivity contribution is -0.148. The van der Waals surface area contributed by atoms with Crippen molar-refractivity contribution in [3.05, 3.63) is 0 Å². The van der Waals surface area contributed by atoms with Gasteiger partial charge < -0.3 is 47.5 Å². The number of ether oxygens (including phenoxy) is 2. The Morgan fingerprint density at radius 2 is 1.42 bits per heavy atom. The predicted octanol–water partition coefficient (Wildman–Crippen LogP) is 3.42. The van der Waals surface area contributed by atoms with Gasteiger partial charge in [-0.1, -0.05) is 85.0 Å². The molecule has 4 aliphatic rings. The van der Waals surface area contributed by atoms with Crippen molar-refractivity contribution >= 4 is 29.5 Å². The van der Waals surface area contributed by atoms with Crippen LogP contribution in [0.4, 0.5) is 0 Å². The van der Waals surface area contributed by atoms with E-state index in [1.807, 2.05) is 27.7 Å². The first kappa shape index (κ1) is 46.9. The maximum atomic E-state index is 14.4. The third-order valence-corrected chi connectivity index (χ3v) is 13.5. The molecule has 4 aliphatic carbocycles. The second kappa shape index (κ2) is 22.5. The Labute approximate surface area is 342 Å². The van der Waals surface area contributed by atoms with Crippen LogP contribution in [0.3, 0.4) is 0 Å². The Balaban J connectivity index is 1.38. The Hall–Kier alpha value is -2.81. The van der Waals surface area contributed by atoms with Gasteiger partial charge in [-0.05, 0) is 75.5 Å². The van der Waals surface area contributed by atoms with Gasteiger partial charge >= 0.3 is 0 Å². The maximum absolute atomic E-state index is 14.4. The molecule has 0 aromatic heterocycles. The fourth-order valence-electron chi connectivity index (χ4n) is 9.84. The number of nitrogens with two attached hydrogens (primary N) is 3. The third kappa shape index (κ3) is 13.6. The minimum absolute atomic E-state index is 0.0871. The second-order valence-corrected chi connectivity index (χ2v) is 18.4. The van der Waals surface area contributed by atoms with Crippen LogP contribution in [0.5, 0.6) is 0 Å². The van der Waals surface area contributed by atoms with E-state index in [1.54, 1.807) is 7.05 Å². The maximum Gasteiger partial charge on any atom is 0.243 e. The molecule has 14 nitrogen and oxygen atoms in total. The molecule has 4 saturated carbocycles. The molecule has 326 valence electrons. The first-order valence-electron chi connectivity index (χ1n) is 22.3. The van der Waals surface area contributed by atoms with E-state index in [0.717, 1.165) is 96.3 Å². The van der Waals surface area contributed by atoms with E-state index >= 15 is 0 Å². The standard InChI is InChI=1S/C43H77N7O7/c1-6-14-35(40(53)49-37(31-17-12-7-8-13-18-31)41(54)48-34(24-44)38(46)51)50(5)42(55)29(4)36(19-30-15-10-9-11-16-30)57-26-28(3)47-39(52)27(2)25-56-33-22-43(23-33)20-32(45)21-43/h27-37H,6-26,44-45H2,1-5H3,(H2,46,51)(H,47,52)(H,48,54)(H,49,53)/t27-,28+,29+,32?,33?,34-,35-,36+,37-,43?/m0/s1. The van der Waals surface area contributed by atoms with Crippen molar-refractivity contribution < 1.29 is 33.4 Å². The van der Waals surface area contributed by atoms with Crippen molar-refractivity contribution in [1.82, 2.24) is 20.9 Å². The highest BCUT2D eigenvalue weighted by atomic mass is 16.5. The van der Waals surface area contributed by atoms with Crippen molar-refractivity contribution in [2.45, 2.75) is 186 Å². The third-order valence-electron chi connectivity index (χ3n) is 13.5. The van der Waals surface area contributed by atoms with Crippen LogP contribution in [0.25, 0.3) is 0 Å². The number of likely N-dealkylation sites (N-methyl/N-ethyl adjacent to an activating group) is 1. The fourth-order valence-corrected chi connectivity index (χ4v) is 9.84. The monoisotopic (exact) mass is 804 g/mol. The molecule has 4 fully saturated rings. The van der Waals surface area contributed by atoms with Crippen LogP contribution >= 0.6 is 0 Å². The van der Waals surface area contributed by atoms with Crippen molar-refractivity contribution in [2.24, 2.45) is 46.3 Å². The molecule has 0 aromatic rings. The minimum Gasteiger partial charge on any atom is -0.377 e. The van der Waals surface area contributed by atoms with Crippen molar-refractivity contribution in [3.8, 4) is 0 Å². The number of nitrogens with zero attached hydrogens (tertiary/aromatic N) is 1. The van der Waals surface area contributed by atoms with Crippen LogP contribution < -0.4 is 33.2 Å². The summed E-state index contributed by atoms with van der Waals surface area (Å²) in [5, 5.41) is 8.77. The Bertz CT molecular complexity index is 1310. The van der Waals surface area contributed by atoms with E-state index in [4.69, 9.17) is 26.7 Å². The Morgan fingerprint density at radius 1 is 0.807 bits per heavy atom. The summed E-state index contributed by atoms with van der Waals surface area (Å²) in [6, 6.07) is -2.72. The van der Waals surface area contributed by atoms with E-state index in [1.165, 1.54) is 11.3 Å². The molecular formula is C43H77N7O7. The summed E-state index contributed by atoms with van der Waals surface area (Å²) in [4.78, 5) is 68.8. The largest absolute Gasteiger partial charge is 0.377 e. The van der Waals surface area contributed by atoms with Crippen molar-refractivity contribution in [1.29, 1.82) is 0 Å². The van der Waals surface area contributed by atoms with Gasteiger partial charge in [-0.3, -0.25) is 24.0 Å². The zero-order chi connectivity index (χ0) is 41.7. The number of hydrogen-bond donors (Lipinski definition) is 6. The quantitative estimate of drug-likeness (QED) is 0.0882. The second-order valence-electron chi connectivity index (χ2n) is 18.4. The van der Waals surface area contributed by atoms with E-state index in [2.05, 4.69) is 16.0 Å². The zero-order valence-corrected chi connectivity index (χ0v) is 35.7. The molecule has 7 atom stereocenters. The smallest absolute Gasteiger partial charge is 0.243 e. The average Bonchev–Trinajstić information content (AvgIpc) is 3.45. The van der Waals surface area contributed by atoms with Gasteiger partial charge in [0.15, 0.2) is 0 Å². The lowest BCUT2D eigenvalue weighted by Crippen LogP contribution is -2.60. The number of amides is 5. The molecule has 0 aromatic carbocycles. The predicted molar refractivity (Wildman–Crippen MR) is 220 cm³/mol. The minimum atomic E-state index is -1.05. The van der Waals surface area contributed by atoms with Gasteiger partial charge in [-0.15, -0.1) is 0 Å². The first-order chi connectivity index (χ1) is 27.2. The normalized spacial score (nSPS) is 26.6. The average molecular weight is 804 g/mol. The lowest BCUT2D eigenvalue weighted by atomic mass is 9.53. The van der Waals surface area contributed by atoms with Crippen LogP contribution in [0.2, 0.25) is 0 Å². The number of nitrogens with one attached hydrogen (secondary N) is 3. The van der Waals surface area contributed by atoms with Crippen LogP contribution in [0, 0.1) is 29.1 Å². The lowest BCUT2D eigenvalue weighted by Gasteiger charge is -2.56. The van der Waals surface area contributed by atoms with Gasteiger partial charge in [0, 0.05) is 25.7 Å². The summed E-state index contributed by atoms with van der Waals surface area (Å²) < 4.78 is 12.6. The van der Waals surface area contributed by atoms with Crippen LogP contribution in [0.1, 0.15) is 143 Å². The SMILES string of the molecule is CCC[C@@H](C(=O)N[C@H](C(=O)N[C@@H](CN)C(N)=O)C1CCCCCC1)N(C)C(=O)[C@H](C)[C@@H](CC1CCCCC1)OC[C@@H](C)NC(=O)[C@@H](C)COC1CC2(CC(N)C2)C1. The van der Waals surface area contributed by atoms with E-state index < -0.39 is 47.9 Å². The van der Waals surface area contributed by atoms with Crippen molar-refractivity contribution in [2.75, 3.05) is 26.8 Å². The van der Waals surface area contributed by atoms with Gasteiger partial charge in [-0.2, -0.15) is 0 Å². The number of primary amides is 1. The van der Waals surface area contributed by atoms with Crippen LogP contribution in [0.15, 0.2) is 0 Å². The van der Waals surface area contributed by atoms with E-state index in [0.29, 0.717) is 36.8 Å². The van der Waals surface area contributed by atoms with E-state index in [-0.39, 0.29) is 48.9 Å². The molecule has 1 spiro atoms. The number of carbonyl (C=O) groups is 5. The van der Waals surface area contributed by atoms with Crippen molar-refractivity contribution in [3.63, 3.8) is 0 Å². The Morgan fingerprint density at radius 3 is 2.00 bits per heavy atom. The summed E-state index contributed by atoms with van der Waals surface area (Å²) in [6.45, 7) is 8.09. The molecular weight excluding hydrogens is 727 g/mol. The molecule has 4 rings (SSSR count). The molecule has 0 unspecified atom stereocenters. The molecule has 0 aliphatic heterocycles. The van der Waals surface area contributed by atoms with Gasteiger partial charge in [0.25, 0.3) is 0 Å². The van der Waals surface area contributed by atoms with Gasteiger partial charge in [0.1, 0.15) is 18.1 Å². The molecule has 5 amide bonds. The molecule has 0 bridgehead atoms. The summed E-state index contributed by atoms with van der Waals surface area (Å²) >= 11 is 0.